The summed E-state index contributed by atoms with van der Waals surface area (Å²) >= 11 is 0. The largest absolute Gasteiger partial charge is 0.445 e. The average Bonchev–Trinajstić information content (AvgIpc) is 2.86. The molecule has 22 heavy (non-hydrogen) atoms. The van der Waals surface area contributed by atoms with Gasteiger partial charge in [-0.15, -0.1) is 0 Å². The number of aliphatic hydroxyl groups is 1. The van der Waals surface area contributed by atoms with Crippen molar-refractivity contribution in [3.8, 4) is 0 Å². The zero-order valence-electron chi connectivity index (χ0n) is 13.8. The number of rotatable bonds is 4. The molecule has 1 amide bonds. The molecule has 1 fully saturated rings. The van der Waals surface area contributed by atoms with Gasteiger partial charge in [0.2, 0.25) is 0 Å². The van der Waals surface area contributed by atoms with E-state index >= 15 is 0 Å². The molecule has 2 atom stereocenters. The summed E-state index contributed by atoms with van der Waals surface area (Å²) in [7, 11) is 0. The molecule has 0 radical (unpaired) electrons. The molecule has 0 saturated carbocycles. The summed E-state index contributed by atoms with van der Waals surface area (Å²) in [6, 6.07) is 9.68. The summed E-state index contributed by atoms with van der Waals surface area (Å²) in [5.74, 6) is 0.498. The minimum Gasteiger partial charge on any atom is -0.445 e. The fourth-order valence-electron chi connectivity index (χ4n) is 3.12. The van der Waals surface area contributed by atoms with Crippen molar-refractivity contribution in [2.45, 2.75) is 33.8 Å². The first-order valence-electron chi connectivity index (χ1n) is 7.95. The van der Waals surface area contributed by atoms with Gasteiger partial charge in [0, 0.05) is 25.6 Å². The molecule has 0 aliphatic carbocycles. The highest BCUT2D eigenvalue weighted by atomic mass is 16.6. The van der Waals surface area contributed by atoms with Crippen LogP contribution in [0.5, 0.6) is 0 Å². The van der Waals surface area contributed by atoms with E-state index in [1.165, 1.54) is 0 Å². The van der Waals surface area contributed by atoms with E-state index in [-0.39, 0.29) is 24.0 Å². The molecule has 4 heteroatoms. The van der Waals surface area contributed by atoms with Gasteiger partial charge in [0.15, 0.2) is 0 Å². The van der Waals surface area contributed by atoms with Crippen LogP contribution in [0.25, 0.3) is 0 Å². The molecule has 1 aromatic carbocycles. The smallest absolute Gasteiger partial charge is 0.410 e. The number of benzene rings is 1. The third-order valence-electron chi connectivity index (χ3n) is 4.15. The first-order valence-corrected chi connectivity index (χ1v) is 7.95. The van der Waals surface area contributed by atoms with E-state index in [1.54, 1.807) is 4.90 Å². The van der Waals surface area contributed by atoms with Gasteiger partial charge in [-0.1, -0.05) is 51.1 Å². The van der Waals surface area contributed by atoms with Gasteiger partial charge < -0.3 is 14.7 Å². The second kappa shape index (κ2) is 7.14. The van der Waals surface area contributed by atoms with E-state index < -0.39 is 0 Å². The third kappa shape index (κ3) is 4.73. The predicted molar refractivity (Wildman–Crippen MR) is 86.3 cm³/mol. The Morgan fingerprint density at radius 2 is 1.86 bits per heavy atom. The number of amides is 1. The number of nitrogens with zero attached hydrogens (tertiary/aromatic N) is 1. The van der Waals surface area contributed by atoms with Gasteiger partial charge in [0.05, 0.1) is 0 Å². The summed E-state index contributed by atoms with van der Waals surface area (Å²) in [4.78, 5) is 13.9. The Bertz CT molecular complexity index is 481. The van der Waals surface area contributed by atoms with Crippen molar-refractivity contribution in [2.75, 3.05) is 19.7 Å². The molecular formula is C18H27NO3. The van der Waals surface area contributed by atoms with Crippen LogP contribution < -0.4 is 0 Å². The predicted octanol–water partition coefficient (Wildman–Crippen LogP) is 3.30. The van der Waals surface area contributed by atoms with E-state index in [9.17, 15) is 9.90 Å². The molecule has 0 aromatic heterocycles. The maximum Gasteiger partial charge on any atom is 0.410 e. The summed E-state index contributed by atoms with van der Waals surface area (Å²) in [6.07, 6.45) is 0.722. The highest BCUT2D eigenvalue weighted by Gasteiger charge is 2.37. The van der Waals surface area contributed by atoms with Crippen molar-refractivity contribution >= 4 is 6.09 Å². The van der Waals surface area contributed by atoms with Crippen LogP contribution in [0.2, 0.25) is 0 Å². The number of likely N-dealkylation sites (tertiary alicyclic amines) is 1. The van der Waals surface area contributed by atoms with E-state index in [1.807, 2.05) is 30.3 Å². The lowest BCUT2D eigenvalue weighted by Gasteiger charge is -2.25. The second-order valence-electron chi connectivity index (χ2n) is 7.41. The van der Waals surface area contributed by atoms with Crippen molar-refractivity contribution in [1.29, 1.82) is 0 Å². The van der Waals surface area contributed by atoms with Crippen LogP contribution in [0.4, 0.5) is 4.79 Å². The quantitative estimate of drug-likeness (QED) is 0.928. The maximum absolute atomic E-state index is 12.2. The molecule has 1 saturated heterocycles. The fourth-order valence-corrected chi connectivity index (χ4v) is 3.12. The standard InChI is InChI=1S/C18H27NO3/c1-18(2,3)9-15-10-19(11-16(15)12-20)17(21)22-13-14-7-5-4-6-8-14/h4-8,15-16,20H,9-13H2,1-3H3/t15-,16+/m1/s1. The van der Waals surface area contributed by atoms with Gasteiger partial charge in [-0.25, -0.2) is 4.79 Å². The van der Waals surface area contributed by atoms with E-state index in [0.29, 0.717) is 25.6 Å². The number of aliphatic hydroxyl groups excluding tert-OH is 1. The van der Waals surface area contributed by atoms with Crippen LogP contribution in [-0.2, 0) is 11.3 Å². The zero-order valence-corrected chi connectivity index (χ0v) is 13.8. The monoisotopic (exact) mass is 305 g/mol. The molecule has 2 rings (SSSR count). The minimum atomic E-state index is -0.279. The lowest BCUT2D eigenvalue weighted by Crippen LogP contribution is -2.30. The highest BCUT2D eigenvalue weighted by Crippen LogP contribution is 2.34. The zero-order chi connectivity index (χ0) is 16.2. The summed E-state index contributed by atoms with van der Waals surface area (Å²) in [6.45, 7) is 8.27. The normalized spacial score (nSPS) is 21.9. The van der Waals surface area contributed by atoms with Gasteiger partial charge in [0.1, 0.15) is 6.61 Å². The molecule has 1 N–H and O–H groups in total. The molecule has 1 aliphatic rings. The Kier molecular flexibility index (Phi) is 5.46. The first-order chi connectivity index (χ1) is 10.4. The number of carbonyl (C=O) groups excluding carboxylic acids is 1. The van der Waals surface area contributed by atoms with Crippen molar-refractivity contribution in [2.24, 2.45) is 17.3 Å². The van der Waals surface area contributed by atoms with Crippen LogP contribution in [0.1, 0.15) is 32.8 Å². The van der Waals surface area contributed by atoms with Crippen LogP contribution in [0, 0.1) is 17.3 Å². The Morgan fingerprint density at radius 3 is 2.45 bits per heavy atom. The molecule has 1 aliphatic heterocycles. The van der Waals surface area contributed by atoms with Crippen molar-refractivity contribution < 1.29 is 14.6 Å². The fraction of sp³-hybridized carbons (Fsp3) is 0.611. The summed E-state index contributed by atoms with van der Waals surface area (Å²) < 4.78 is 5.39. The molecule has 4 nitrogen and oxygen atoms in total. The SMILES string of the molecule is CC(C)(C)C[C@@H]1CN(C(=O)OCc2ccccc2)C[C@H]1CO. The van der Waals surface area contributed by atoms with E-state index in [0.717, 1.165) is 12.0 Å². The molecule has 0 unspecified atom stereocenters. The molecule has 0 bridgehead atoms. The Labute approximate surface area is 133 Å². The van der Waals surface area contributed by atoms with Gasteiger partial charge in [-0.2, -0.15) is 0 Å². The first kappa shape index (κ1) is 16.8. The minimum absolute atomic E-state index is 0.128. The maximum atomic E-state index is 12.2. The van der Waals surface area contributed by atoms with Crippen molar-refractivity contribution in [3.05, 3.63) is 35.9 Å². The summed E-state index contributed by atoms with van der Waals surface area (Å²) in [5, 5.41) is 9.56. The molecule has 0 spiro atoms. The topological polar surface area (TPSA) is 49.8 Å². The van der Waals surface area contributed by atoms with Crippen molar-refractivity contribution in [3.63, 3.8) is 0 Å². The van der Waals surface area contributed by atoms with Gasteiger partial charge in [-0.3, -0.25) is 0 Å². The number of hydrogen-bond donors (Lipinski definition) is 1. The van der Waals surface area contributed by atoms with Crippen LogP contribution in [0.15, 0.2) is 30.3 Å². The molecule has 122 valence electrons. The summed E-state index contributed by atoms with van der Waals surface area (Å²) in [5.41, 5.74) is 1.18. The molecule has 1 aromatic rings. The van der Waals surface area contributed by atoms with Crippen LogP contribution >= 0.6 is 0 Å². The van der Waals surface area contributed by atoms with Gasteiger partial charge in [0.25, 0.3) is 0 Å². The number of hydrogen-bond acceptors (Lipinski definition) is 3. The number of ether oxygens (including phenoxy) is 1. The lowest BCUT2D eigenvalue weighted by atomic mass is 9.80. The van der Waals surface area contributed by atoms with E-state index in [2.05, 4.69) is 20.8 Å². The second-order valence-corrected chi connectivity index (χ2v) is 7.41. The Morgan fingerprint density at radius 1 is 1.23 bits per heavy atom. The number of carbonyl (C=O) groups is 1. The lowest BCUT2D eigenvalue weighted by molar-refractivity contribution is 0.101. The average molecular weight is 305 g/mol. The van der Waals surface area contributed by atoms with Crippen LogP contribution in [-0.4, -0.2) is 35.8 Å². The Hall–Kier alpha value is -1.55. The molecular weight excluding hydrogens is 278 g/mol. The van der Waals surface area contributed by atoms with E-state index in [4.69, 9.17) is 4.74 Å². The molecule has 1 heterocycles. The van der Waals surface area contributed by atoms with Crippen LogP contribution in [0.3, 0.4) is 0 Å². The van der Waals surface area contributed by atoms with Gasteiger partial charge in [-0.05, 0) is 23.3 Å². The third-order valence-corrected chi connectivity index (χ3v) is 4.15. The van der Waals surface area contributed by atoms with Gasteiger partial charge >= 0.3 is 6.09 Å². The Balaban J connectivity index is 1.88. The highest BCUT2D eigenvalue weighted by molar-refractivity contribution is 5.68. The van der Waals surface area contributed by atoms with Crippen molar-refractivity contribution in [1.82, 2.24) is 4.90 Å².